The van der Waals surface area contributed by atoms with Crippen LogP contribution in [-0.2, 0) is 0 Å². The fourth-order valence-electron chi connectivity index (χ4n) is 1.28. The van der Waals surface area contributed by atoms with Gasteiger partial charge in [-0.2, -0.15) is 0 Å². The third kappa shape index (κ3) is 4.00. The second-order valence-electron chi connectivity index (χ2n) is 4.02. The van der Waals surface area contributed by atoms with Gasteiger partial charge in [-0.25, -0.2) is 0 Å². The summed E-state index contributed by atoms with van der Waals surface area (Å²) in [6, 6.07) is 0. The molecule has 0 aliphatic heterocycles. The fourth-order valence-corrected chi connectivity index (χ4v) is 1.58. The molecule has 0 aliphatic rings. The summed E-state index contributed by atoms with van der Waals surface area (Å²) < 4.78 is 0. The maximum Gasteiger partial charge on any atom is 0.0277 e. The monoisotopic (exact) mass is 176 g/mol. The smallest absolute Gasteiger partial charge is 0.0277 e. The average Bonchev–Trinajstić information content (AvgIpc) is 2.04. The molecule has 0 bridgehead atoms. The number of hydrogen-bond donors (Lipinski definition) is 0. The number of halogens is 1. The first-order valence-corrected chi connectivity index (χ1v) is 5.17. The highest BCUT2D eigenvalue weighted by Crippen LogP contribution is 2.31. The van der Waals surface area contributed by atoms with Gasteiger partial charge >= 0.3 is 0 Å². The summed E-state index contributed by atoms with van der Waals surface area (Å²) in [5.74, 6) is 1.62. The largest absolute Gasteiger partial charge is 0.126 e. The maximum absolute atomic E-state index is 5.91. The fraction of sp³-hybridized carbons (Fsp3) is 1.00. The van der Waals surface area contributed by atoms with Gasteiger partial charge in [-0.3, -0.25) is 0 Å². The van der Waals surface area contributed by atoms with Crippen LogP contribution in [0.2, 0.25) is 0 Å². The number of alkyl halides is 1. The summed E-state index contributed by atoms with van der Waals surface area (Å²) in [4.78, 5) is 0. The molecule has 0 fully saturated rings. The molecule has 0 rings (SSSR count). The second kappa shape index (κ2) is 5.03. The lowest BCUT2D eigenvalue weighted by Crippen LogP contribution is -2.20. The Balaban J connectivity index is 3.86. The minimum atomic E-state index is 0.372. The van der Waals surface area contributed by atoms with Crippen molar-refractivity contribution < 1.29 is 0 Å². The molecule has 0 aromatic carbocycles. The van der Waals surface area contributed by atoms with Crippen LogP contribution in [0.4, 0.5) is 0 Å². The molecule has 0 radical (unpaired) electrons. The lowest BCUT2D eigenvalue weighted by atomic mass is 9.80. The summed E-state index contributed by atoms with van der Waals surface area (Å²) in [6.07, 6.45) is 3.73. The Hall–Kier alpha value is 0.290. The van der Waals surface area contributed by atoms with E-state index in [2.05, 4.69) is 27.7 Å². The Morgan fingerprint density at radius 1 is 1.36 bits per heavy atom. The highest BCUT2D eigenvalue weighted by molar-refractivity contribution is 6.18. The molecule has 0 amide bonds. The molecule has 0 nitrogen and oxygen atoms in total. The minimum absolute atomic E-state index is 0.372. The average molecular weight is 177 g/mol. The van der Waals surface area contributed by atoms with Gasteiger partial charge in [-0.1, -0.05) is 34.1 Å². The van der Waals surface area contributed by atoms with Gasteiger partial charge in [0.25, 0.3) is 0 Å². The normalized spacial score (nSPS) is 19.4. The zero-order valence-corrected chi connectivity index (χ0v) is 9.04. The van der Waals surface area contributed by atoms with E-state index in [-0.39, 0.29) is 0 Å². The van der Waals surface area contributed by atoms with Crippen LogP contribution in [0.25, 0.3) is 0 Å². The topological polar surface area (TPSA) is 0 Å². The van der Waals surface area contributed by atoms with Crippen molar-refractivity contribution in [2.45, 2.75) is 47.0 Å². The molecule has 0 spiro atoms. The van der Waals surface area contributed by atoms with E-state index in [9.17, 15) is 0 Å². The quantitative estimate of drug-likeness (QED) is 0.554. The van der Waals surface area contributed by atoms with Crippen LogP contribution < -0.4 is 0 Å². The standard InChI is InChI=1S/C10H21Cl/c1-5-9(3)7-10(4,6-2)8-11/h9H,5-8H2,1-4H3. The van der Waals surface area contributed by atoms with Crippen molar-refractivity contribution in [1.82, 2.24) is 0 Å². The highest BCUT2D eigenvalue weighted by atomic mass is 35.5. The molecule has 0 N–H and O–H groups in total. The summed E-state index contributed by atoms with van der Waals surface area (Å²) in [6.45, 7) is 9.06. The van der Waals surface area contributed by atoms with Crippen LogP contribution in [-0.4, -0.2) is 5.88 Å². The van der Waals surface area contributed by atoms with Gasteiger partial charge in [0, 0.05) is 5.88 Å². The molecule has 11 heavy (non-hydrogen) atoms. The third-order valence-corrected chi connectivity index (χ3v) is 3.36. The maximum atomic E-state index is 5.91. The van der Waals surface area contributed by atoms with E-state index in [1.807, 2.05) is 0 Å². The van der Waals surface area contributed by atoms with E-state index in [1.54, 1.807) is 0 Å². The zero-order chi connectivity index (χ0) is 8.91. The molecule has 2 unspecified atom stereocenters. The van der Waals surface area contributed by atoms with Crippen LogP contribution in [0.15, 0.2) is 0 Å². The van der Waals surface area contributed by atoms with E-state index in [1.165, 1.54) is 19.3 Å². The molecule has 0 saturated heterocycles. The van der Waals surface area contributed by atoms with Gasteiger partial charge in [0.1, 0.15) is 0 Å². The lowest BCUT2D eigenvalue weighted by molar-refractivity contribution is 0.268. The van der Waals surface area contributed by atoms with Crippen molar-refractivity contribution in [3.05, 3.63) is 0 Å². The molecule has 2 atom stereocenters. The molecular formula is C10H21Cl. The van der Waals surface area contributed by atoms with Crippen molar-refractivity contribution in [1.29, 1.82) is 0 Å². The predicted molar refractivity (Wildman–Crippen MR) is 53.2 cm³/mol. The number of rotatable bonds is 5. The van der Waals surface area contributed by atoms with Crippen molar-refractivity contribution in [3.8, 4) is 0 Å². The predicted octanol–water partition coefficient (Wildman–Crippen LogP) is 4.08. The van der Waals surface area contributed by atoms with Crippen LogP contribution in [0.5, 0.6) is 0 Å². The van der Waals surface area contributed by atoms with Crippen LogP contribution in [0, 0.1) is 11.3 Å². The SMILES string of the molecule is CCC(C)CC(C)(CC)CCl. The summed E-state index contributed by atoms with van der Waals surface area (Å²) >= 11 is 5.91. The van der Waals surface area contributed by atoms with Gasteiger partial charge in [0.15, 0.2) is 0 Å². The Bertz CT molecular complexity index is 95.0. The van der Waals surface area contributed by atoms with E-state index < -0.39 is 0 Å². The van der Waals surface area contributed by atoms with Crippen molar-refractivity contribution in [2.24, 2.45) is 11.3 Å². The first kappa shape index (κ1) is 11.3. The van der Waals surface area contributed by atoms with E-state index in [0.717, 1.165) is 11.8 Å². The lowest BCUT2D eigenvalue weighted by Gasteiger charge is -2.28. The Labute approximate surface area is 76.3 Å². The summed E-state index contributed by atoms with van der Waals surface area (Å²) in [5.41, 5.74) is 0.372. The van der Waals surface area contributed by atoms with E-state index in [0.29, 0.717) is 5.41 Å². The number of hydrogen-bond acceptors (Lipinski definition) is 0. The Morgan fingerprint density at radius 3 is 2.18 bits per heavy atom. The molecule has 0 saturated carbocycles. The van der Waals surface area contributed by atoms with Crippen molar-refractivity contribution in [3.63, 3.8) is 0 Å². The second-order valence-corrected chi connectivity index (χ2v) is 4.28. The van der Waals surface area contributed by atoms with Crippen LogP contribution in [0.3, 0.4) is 0 Å². The molecule has 68 valence electrons. The van der Waals surface area contributed by atoms with E-state index in [4.69, 9.17) is 11.6 Å². The van der Waals surface area contributed by atoms with Gasteiger partial charge in [-0.05, 0) is 24.2 Å². The van der Waals surface area contributed by atoms with Gasteiger partial charge in [0.05, 0.1) is 0 Å². The Morgan fingerprint density at radius 2 is 1.91 bits per heavy atom. The Kier molecular flexibility index (Phi) is 5.16. The molecule has 1 heteroatoms. The first-order valence-electron chi connectivity index (χ1n) is 4.64. The van der Waals surface area contributed by atoms with Crippen molar-refractivity contribution >= 4 is 11.6 Å². The highest BCUT2D eigenvalue weighted by Gasteiger charge is 2.22. The molecular weight excluding hydrogens is 156 g/mol. The summed E-state index contributed by atoms with van der Waals surface area (Å²) in [5, 5.41) is 0. The minimum Gasteiger partial charge on any atom is -0.126 e. The molecule has 0 aromatic heterocycles. The molecule has 0 aliphatic carbocycles. The van der Waals surface area contributed by atoms with Crippen molar-refractivity contribution in [2.75, 3.05) is 5.88 Å². The van der Waals surface area contributed by atoms with Gasteiger partial charge < -0.3 is 0 Å². The molecule has 0 aromatic rings. The van der Waals surface area contributed by atoms with E-state index >= 15 is 0 Å². The first-order chi connectivity index (χ1) is 5.08. The van der Waals surface area contributed by atoms with Gasteiger partial charge in [-0.15, -0.1) is 11.6 Å². The van der Waals surface area contributed by atoms with Gasteiger partial charge in [0.2, 0.25) is 0 Å². The summed E-state index contributed by atoms with van der Waals surface area (Å²) in [7, 11) is 0. The molecule has 0 heterocycles. The zero-order valence-electron chi connectivity index (χ0n) is 8.28. The van der Waals surface area contributed by atoms with Crippen LogP contribution >= 0.6 is 11.6 Å². The third-order valence-electron chi connectivity index (χ3n) is 2.71. The van der Waals surface area contributed by atoms with Crippen LogP contribution in [0.1, 0.15) is 47.0 Å².